The van der Waals surface area contributed by atoms with Gasteiger partial charge in [-0.25, -0.2) is 9.78 Å². The van der Waals surface area contributed by atoms with Gasteiger partial charge < -0.3 is 10.0 Å². The number of halogens is 76. The first kappa shape index (κ1) is 275. The molecule has 1 aliphatic heterocycles. The number of hydrogen-bond donors (Lipinski definition) is 1. The normalized spacial score (nSPS) is 4.98. The fourth-order valence-corrected chi connectivity index (χ4v) is 2.44. The van der Waals surface area contributed by atoms with Crippen molar-refractivity contribution in [3.63, 3.8) is 0 Å². The van der Waals surface area contributed by atoms with Crippen LogP contribution >= 0.6 is 23.7 Å². The SMILES string of the molecule is CN1CCc2nc(C(=O)O)sc2C1.Cl.F.FF.FF.FF.FF.FF.FF.FF.FF.FF.FF.FF.FF.FF.FF.FF.FF.FF.FF.FF.FF.FF.FF.FF.FF.FF.FF.FF.FF.FF.FF.FF.FF.FF.FF.FF.FF.FF. The molecule has 2 rings (SSSR count). The molecule has 4 nitrogen and oxygen atoms in total. The van der Waals surface area contributed by atoms with Gasteiger partial charge in [-0.05, 0) is 7.05 Å². The van der Waals surface area contributed by atoms with Crippen LogP contribution in [0.5, 0.6) is 0 Å². The molecule has 0 unspecified atom stereocenters. The second-order valence-electron chi connectivity index (χ2n) is 3.18. The third kappa shape index (κ3) is 1440. The van der Waals surface area contributed by atoms with Crippen molar-refractivity contribution in [2.45, 2.75) is 13.0 Å². The smallest absolute Gasteiger partial charge is 0.365 e. The molecule has 0 fully saturated rings. The van der Waals surface area contributed by atoms with E-state index >= 15 is 0 Å². The summed E-state index contributed by atoms with van der Waals surface area (Å²) in [6, 6.07) is 0. The van der Waals surface area contributed by atoms with Gasteiger partial charge in [0.05, 0.1) is 5.69 Å². The zero-order chi connectivity index (χ0) is 83.4. The minimum Gasteiger partial charge on any atom is -0.476 e. The van der Waals surface area contributed by atoms with E-state index in [1.807, 2.05) is 7.05 Å². The Balaban J connectivity index is -0.00000000863. The van der Waals surface area contributed by atoms with Crippen LogP contribution in [0.2, 0.25) is 0 Å². The molecule has 0 aliphatic carbocycles. The largest absolute Gasteiger partial charge is 0.476 e. The van der Waals surface area contributed by atoms with Crippen LogP contribution in [0, 0.1) is 0 Å². The Morgan fingerprint density at radius 2 is 0.404 bits per heavy atom. The van der Waals surface area contributed by atoms with Crippen LogP contribution in [0.4, 0.5) is 343 Å². The highest BCUT2D eigenvalue weighted by Gasteiger charge is 2.20. The standard InChI is InChI=1S/C8H10N2O2S.ClH.37F2.FH/c1-10-3-2-5-6(4-10)13-7(9-5)8(11)12;;37*1-2;/h2-4H2,1H3,(H,11,12);1H;;;;;;;;;;;;;;;;;;;;;;;;;;;;;;;;;;;;;;1H. The molecule has 0 saturated carbocycles. The fourth-order valence-electron chi connectivity index (χ4n) is 1.41. The molecular formula is C8H12ClF75N2O2S. The molecule has 0 radical (unpaired) electrons. The molecule has 0 atom stereocenters. The van der Waals surface area contributed by atoms with Crippen LogP contribution in [0.25, 0.3) is 0 Å². The highest BCUT2D eigenvalue weighted by Crippen LogP contribution is 2.24. The summed E-state index contributed by atoms with van der Waals surface area (Å²) in [5, 5.41) is 8.96. The third-order valence-electron chi connectivity index (χ3n) is 2.11. The van der Waals surface area contributed by atoms with Crippen LogP contribution in [0.15, 0.2) is 0 Å². The van der Waals surface area contributed by atoms with Crippen molar-refractivity contribution in [2.75, 3.05) is 13.6 Å². The molecule has 0 spiro atoms. The average molecular weight is 1660 g/mol. The quantitative estimate of drug-likeness (QED) is 0.285. The molecule has 81 heteroatoms. The van der Waals surface area contributed by atoms with Crippen molar-refractivity contribution < 1.29 is 353 Å². The lowest BCUT2D eigenvalue weighted by Gasteiger charge is -2.20. The number of hydrogen-bond acceptors (Lipinski definition) is 4. The minimum absolute atomic E-state index is 0. The van der Waals surface area contributed by atoms with Gasteiger partial charge in [0.1, 0.15) is 0 Å². The highest BCUT2D eigenvalue weighted by molar-refractivity contribution is 7.13. The van der Waals surface area contributed by atoms with Gasteiger partial charge in [0, 0.05) is 363 Å². The highest BCUT2D eigenvalue weighted by atomic mass is 35.5. The summed E-state index contributed by atoms with van der Waals surface area (Å²) in [6.45, 7) is 1.80. The number of carboxylic acid groups (broad SMARTS) is 1. The van der Waals surface area contributed by atoms with Crippen LogP contribution in [0.1, 0.15) is 20.4 Å². The number of aromatic carboxylic acids is 1. The number of likely N-dealkylation sites (N-methyl/N-ethyl adjacent to an activating group) is 1. The summed E-state index contributed by atoms with van der Waals surface area (Å²) in [4.78, 5) is 18.0. The Hall–Kier alpha value is -5.90. The van der Waals surface area contributed by atoms with Crippen molar-refractivity contribution in [1.82, 2.24) is 9.88 Å². The van der Waals surface area contributed by atoms with E-state index < -0.39 is 5.97 Å². The van der Waals surface area contributed by atoms with Crippen molar-refractivity contribution in [2.24, 2.45) is 0 Å². The summed E-state index contributed by atoms with van der Waals surface area (Å²) in [5.41, 5.74) is 0.973. The number of rotatable bonds is 1. The predicted octanol–water partition coefficient (Wildman–Crippen LogP) is 32.5. The molecule has 1 N–H and O–H groups in total. The zero-order valence-corrected chi connectivity index (χ0v) is 37.7. The average Bonchev–Trinajstić information content (AvgIpc) is 4.17. The van der Waals surface area contributed by atoms with Crippen LogP contribution < -0.4 is 0 Å². The molecule has 0 amide bonds. The Labute approximate surface area is 437 Å². The first-order valence-corrected chi connectivity index (χ1v) is 10.2. The molecule has 604 valence electrons. The summed E-state index contributed by atoms with van der Waals surface area (Å²) in [5.74, 6) is -0.915. The van der Waals surface area contributed by atoms with Gasteiger partial charge in [-0.1, -0.05) is 0 Å². The molecule has 89 heavy (non-hydrogen) atoms. The van der Waals surface area contributed by atoms with Gasteiger partial charge in [0.2, 0.25) is 5.01 Å². The Morgan fingerprint density at radius 1 is 0.292 bits per heavy atom. The van der Waals surface area contributed by atoms with Crippen LogP contribution in [-0.4, -0.2) is 34.6 Å². The van der Waals surface area contributed by atoms with Gasteiger partial charge in [-0.2, -0.15) is 0 Å². The summed E-state index contributed by atoms with van der Waals surface area (Å²) in [7, 11) is 2.03. The van der Waals surface area contributed by atoms with Gasteiger partial charge in [-0.3, -0.25) is 4.70 Å². The van der Waals surface area contributed by atoms with E-state index in [-0.39, 0.29) is 22.1 Å². The second kappa shape index (κ2) is 2720. The number of aromatic nitrogens is 1. The van der Waals surface area contributed by atoms with Crippen molar-refractivity contribution in [3.05, 3.63) is 15.6 Å². The minimum atomic E-state index is -0.915. The lowest BCUT2D eigenvalue weighted by atomic mass is 10.2. The van der Waals surface area contributed by atoms with E-state index in [2.05, 4.69) is 9.88 Å². The maximum Gasteiger partial charge on any atom is 0.365 e. The maximum absolute atomic E-state index is 10.6. The summed E-state index contributed by atoms with van der Waals surface area (Å²) >= 11 is 1.29. The Bertz CT molecular complexity index is 409. The van der Waals surface area contributed by atoms with Crippen molar-refractivity contribution in [1.29, 1.82) is 0 Å². The Kier molecular flexibility index (Phi) is 8400. The van der Waals surface area contributed by atoms with E-state index in [9.17, 15) is 4.79 Å². The first-order chi connectivity index (χ1) is 43.2. The van der Waals surface area contributed by atoms with Gasteiger partial charge in [0.25, 0.3) is 0 Å². The molecule has 0 aromatic carbocycles. The summed E-state index contributed by atoms with van der Waals surface area (Å²) < 4.78 is 592. The molecular weight excluding hydrogens is 1650 g/mol. The van der Waals surface area contributed by atoms with E-state index in [4.69, 9.17) is 344 Å². The number of carbonyl (C=O) groups is 1. The summed E-state index contributed by atoms with van der Waals surface area (Å²) in [6.07, 6.45) is 0.871. The van der Waals surface area contributed by atoms with E-state index in [0.717, 1.165) is 30.1 Å². The van der Waals surface area contributed by atoms with Crippen LogP contribution in [0.3, 0.4) is 0 Å². The van der Waals surface area contributed by atoms with E-state index in [0.29, 0.717) is 0 Å². The van der Waals surface area contributed by atoms with E-state index in [1.165, 1.54) is 11.3 Å². The predicted molar refractivity (Wildman–Crippen MR) is 141 cm³/mol. The molecule has 2 heterocycles. The monoisotopic (exact) mass is 1660 g/mol. The second-order valence-corrected chi connectivity index (χ2v) is 4.27. The third-order valence-corrected chi connectivity index (χ3v) is 3.18. The number of thiazole rings is 1. The van der Waals surface area contributed by atoms with Gasteiger partial charge in [0.15, 0.2) is 0 Å². The lowest BCUT2D eigenvalue weighted by molar-refractivity contribution is 0.0696. The number of fused-ring (bicyclic) bond motifs is 1. The molecule has 1 aliphatic rings. The van der Waals surface area contributed by atoms with E-state index in [1.54, 1.807) is 0 Å². The van der Waals surface area contributed by atoms with Crippen molar-refractivity contribution >= 4 is 29.7 Å². The Morgan fingerprint density at radius 3 is 0.506 bits per heavy atom. The topological polar surface area (TPSA) is 53.4 Å². The number of nitrogens with zero attached hydrogens (tertiary/aromatic N) is 2. The zero-order valence-electron chi connectivity index (χ0n) is 36.1. The van der Waals surface area contributed by atoms with Gasteiger partial charge >= 0.3 is 5.97 Å². The number of carboxylic acids is 1. The van der Waals surface area contributed by atoms with Crippen molar-refractivity contribution in [3.8, 4) is 0 Å². The molecule has 1 aromatic heterocycles. The first-order valence-electron chi connectivity index (χ1n) is 9.36. The van der Waals surface area contributed by atoms with Crippen LogP contribution in [-0.2, 0) is 13.0 Å². The lowest BCUT2D eigenvalue weighted by Crippen LogP contribution is -2.25. The molecule has 1 aromatic rings. The molecule has 0 saturated heterocycles. The molecule has 0 bridgehead atoms. The fraction of sp³-hybridized carbons (Fsp3) is 0.500. The van der Waals surface area contributed by atoms with Gasteiger partial charge in [-0.15, -0.1) is 23.7 Å². The maximum atomic E-state index is 10.6.